The summed E-state index contributed by atoms with van der Waals surface area (Å²) < 4.78 is 10.8. The molecular formula is C27H39N3O2S. The molecule has 0 spiro atoms. The first-order valence-electron chi connectivity index (χ1n) is 12.3. The molecule has 5 nitrogen and oxygen atoms in total. The molecule has 0 saturated heterocycles. The van der Waals surface area contributed by atoms with E-state index in [2.05, 4.69) is 40.2 Å². The number of anilines is 2. The highest BCUT2D eigenvalue weighted by Gasteiger charge is 2.18. The molecule has 1 aliphatic rings. The van der Waals surface area contributed by atoms with Crippen LogP contribution >= 0.6 is 12.2 Å². The van der Waals surface area contributed by atoms with Crippen LogP contribution in [0.25, 0.3) is 0 Å². The van der Waals surface area contributed by atoms with Crippen LogP contribution < -0.4 is 15.0 Å². The molecule has 0 radical (unpaired) electrons. The van der Waals surface area contributed by atoms with Crippen molar-refractivity contribution < 1.29 is 9.47 Å². The molecule has 33 heavy (non-hydrogen) atoms. The first-order valence-corrected chi connectivity index (χ1v) is 12.7. The van der Waals surface area contributed by atoms with Crippen LogP contribution in [0, 0.1) is 0 Å². The quantitative estimate of drug-likeness (QED) is 0.309. The van der Waals surface area contributed by atoms with E-state index in [1.807, 2.05) is 31.2 Å². The van der Waals surface area contributed by atoms with Gasteiger partial charge in [-0.1, -0.05) is 25.5 Å². The molecule has 1 heterocycles. The van der Waals surface area contributed by atoms with E-state index in [0.717, 1.165) is 55.6 Å². The van der Waals surface area contributed by atoms with Crippen LogP contribution in [0.2, 0.25) is 0 Å². The van der Waals surface area contributed by atoms with Gasteiger partial charge in [0.15, 0.2) is 5.11 Å². The number of rotatable bonds is 12. The second-order valence-electron chi connectivity index (χ2n) is 8.56. The average molecular weight is 470 g/mol. The second kappa shape index (κ2) is 13.4. The first-order chi connectivity index (χ1) is 16.1. The van der Waals surface area contributed by atoms with E-state index in [-0.39, 0.29) is 0 Å². The minimum Gasteiger partial charge on any atom is -0.494 e. The van der Waals surface area contributed by atoms with Crippen LogP contribution in [0.5, 0.6) is 5.75 Å². The van der Waals surface area contributed by atoms with E-state index in [4.69, 9.17) is 21.7 Å². The predicted molar refractivity (Wildman–Crippen MR) is 143 cm³/mol. The highest BCUT2D eigenvalue weighted by molar-refractivity contribution is 7.80. The van der Waals surface area contributed by atoms with Crippen molar-refractivity contribution in [2.75, 3.05) is 50.2 Å². The minimum atomic E-state index is 0.662. The van der Waals surface area contributed by atoms with Gasteiger partial charge in [-0.15, -0.1) is 0 Å². The lowest BCUT2D eigenvalue weighted by molar-refractivity contribution is 0.185. The summed E-state index contributed by atoms with van der Waals surface area (Å²) >= 11 is 5.81. The molecular weight excluding hydrogens is 430 g/mol. The van der Waals surface area contributed by atoms with Gasteiger partial charge in [0.2, 0.25) is 0 Å². The van der Waals surface area contributed by atoms with Gasteiger partial charge in [0.05, 0.1) is 6.61 Å². The smallest absolute Gasteiger partial charge is 0.173 e. The van der Waals surface area contributed by atoms with Crippen molar-refractivity contribution in [3.8, 4) is 5.75 Å². The second-order valence-corrected chi connectivity index (χ2v) is 8.95. The van der Waals surface area contributed by atoms with E-state index in [1.54, 1.807) is 7.11 Å². The van der Waals surface area contributed by atoms with Crippen LogP contribution in [0.1, 0.15) is 50.7 Å². The van der Waals surface area contributed by atoms with Crippen LogP contribution in [0.4, 0.5) is 11.4 Å². The van der Waals surface area contributed by atoms with Crippen LogP contribution in [-0.4, -0.2) is 50.0 Å². The number of hydrogen-bond acceptors (Lipinski definition) is 4. The largest absolute Gasteiger partial charge is 0.494 e. The fraction of sp³-hybridized carbons (Fsp3) is 0.519. The van der Waals surface area contributed by atoms with Crippen LogP contribution in [0.3, 0.4) is 0 Å². The number of ether oxygens (including phenoxy) is 2. The number of fused-ring (bicyclic) bond motifs is 1. The number of unbranched alkanes of at least 4 members (excludes halogenated alkanes) is 1. The lowest BCUT2D eigenvalue weighted by atomic mass is 9.98. The molecule has 2 aromatic rings. The normalized spacial score (nSPS) is 12.9. The average Bonchev–Trinajstić information content (AvgIpc) is 2.83. The maximum Gasteiger partial charge on any atom is 0.173 e. The van der Waals surface area contributed by atoms with Gasteiger partial charge < -0.3 is 24.6 Å². The molecule has 3 rings (SSSR count). The summed E-state index contributed by atoms with van der Waals surface area (Å²) in [6.45, 7) is 9.59. The van der Waals surface area contributed by atoms with Gasteiger partial charge in [-0.2, -0.15) is 0 Å². The SMILES string of the molecule is CCCCN1CCCc2cc(CN(CCCOC)C(=S)Nc3ccc(OCC)cc3)ccc21. The molecule has 6 heteroatoms. The lowest BCUT2D eigenvalue weighted by Gasteiger charge is -2.32. The Morgan fingerprint density at radius 2 is 1.94 bits per heavy atom. The zero-order chi connectivity index (χ0) is 23.5. The van der Waals surface area contributed by atoms with Crippen molar-refractivity contribution in [2.45, 2.75) is 52.5 Å². The Bertz CT molecular complexity index is 872. The fourth-order valence-corrected chi connectivity index (χ4v) is 4.56. The molecule has 180 valence electrons. The van der Waals surface area contributed by atoms with E-state index in [1.165, 1.54) is 42.6 Å². The number of nitrogens with zero attached hydrogens (tertiary/aromatic N) is 2. The monoisotopic (exact) mass is 469 g/mol. The summed E-state index contributed by atoms with van der Waals surface area (Å²) in [4.78, 5) is 4.80. The number of thiocarbonyl (C=S) groups is 1. The van der Waals surface area contributed by atoms with Crippen LogP contribution in [0.15, 0.2) is 42.5 Å². The van der Waals surface area contributed by atoms with E-state index in [9.17, 15) is 0 Å². The highest BCUT2D eigenvalue weighted by Crippen LogP contribution is 2.29. The van der Waals surface area contributed by atoms with Gasteiger partial charge >= 0.3 is 0 Å². The van der Waals surface area contributed by atoms with Crippen molar-refractivity contribution in [2.24, 2.45) is 0 Å². The first kappa shape index (κ1) is 25.3. The Hall–Kier alpha value is -2.31. The van der Waals surface area contributed by atoms with Crippen molar-refractivity contribution in [1.82, 2.24) is 4.90 Å². The maximum atomic E-state index is 5.81. The Morgan fingerprint density at radius 1 is 1.12 bits per heavy atom. The molecule has 0 saturated carbocycles. The minimum absolute atomic E-state index is 0.662. The van der Waals surface area contributed by atoms with Crippen molar-refractivity contribution in [3.05, 3.63) is 53.6 Å². The molecule has 0 aromatic heterocycles. The number of hydrogen-bond donors (Lipinski definition) is 1. The van der Waals surface area contributed by atoms with Crippen molar-refractivity contribution in [1.29, 1.82) is 0 Å². The number of benzene rings is 2. The maximum absolute atomic E-state index is 5.81. The summed E-state index contributed by atoms with van der Waals surface area (Å²) in [7, 11) is 1.74. The van der Waals surface area contributed by atoms with Gasteiger partial charge in [-0.25, -0.2) is 0 Å². The van der Waals surface area contributed by atoms with Gasteiger partial charge in [-0.05, 0) is 86.3 Å². The Labute approximate surface area is 205 Å². The topological polar surface area (TPSA) is 37.0 Å². The van der Waals surface area contributed by atoms with Crippen LogP contribution in [-0.2, 0) is 17.7 Å². The lowest BCUT2D eigenvalue weighted by Crippen LogP contribution is -2.35. The molecule has 0 fully saturated rings. The molecule has 1 N–H and O–H groups in total. The van der Waals surface area contributed by atoms with Gasteiger partial charge in [0, 0.05) is 51.3 Å². The summed E-state index contributed by atoms with van der Waals surface area (Å²) in [5, 5.41) is 4.14. The Kier molecular flexibility index (Phi) is 10.3. The third-order valence-electron chi connectivity index (χ3n) is 5.99. The number of methoxy groups -OCH3 is 1. The van der Waals surface area contributed by atoms with Gasteiger partial charge in [0.25, 0.3) is 0 Å². The fourth-order valence-electron chi connectivity index (χ4n) is 4.28. The standard InChI is InChI=1S/C27H39N3O2S/c1-4-6-16-29-17-7-9-23-20-22(10-15-26(23)29)21-30(18-8-19-31-3)27(33)28-24-11-13-25(14-12-24)32-5-2/h10-15,20H,4-9,16-19,21H2,1-3H3,(H,28,33). The number of nitrogens with one attached hydrogen (secondary N) is 1. The Balaban J connectivity index is 1.69. The molecule has 0 unspecified atom stereocenters. The van der Waals surface area contributed by atoms with Gasteiger partial charge in [-0.3, -0.25) is 0 Å². The Morgan fingerprint density at radius 3 is 2.67 bits per heavy atom. The van der Waals surface area contributed by atoms with Crippen molar-refractivity contribution in [3.63, 3.8) is 0 Å². The third-order valence-corrected chi connectivity index (χ3v) is 6.35. The zero-order valence-electron chi connectivity index (χ0n) is 20.4. The third kappa shape index (κ3) is 7.61. The van der Waals surface area contributed by atoms with E-state index in [0.29, 0.717) is 6.61 Å². The highest BCUT2D eigenvalue weighted by atomic mass is 32.1. The van der Waals surface area contributed by atoms with E-state index >= 15 is 0 Å². The molecule has 0 bridgehead atoms. The molecule has 0 atom stereocenters. The predicted octanol–water partition coefficient (Wildman–Crippen LogP) is 5.87. The molecule has 1 aliphatic heterocycles. The summed E-state index contributed by atoms with van der Waals surface area (Å²) in [6, 6.07) is 14.9. The van der Waals surface area contributed by atoms with Crippen molar-refractivity contribution >= 4 is 28.7 Å². The van der Waals surface area contributed by atoms with Gasteiger partial charge in [0.1, 0.15) is 5.75 Å². The summed E-state index contributed by atoms with van der Waals surface area (Å²) in [6.07, 6.45) is 5.80. The van der Waals surface area contributed by atoms with E-state index < -0.39 is 0 Å². The molecule has 0 amide bonds. The summed E-state index contributed by atoms with van der Waals surface area (Å²) in [5.74, 6) is 0.868. The molecule has 2 aromatic carbocycles. The molecule has 0 aliphatic carbocycles. The zero-order valence-corrected chi connectivity index (χ0v) is 21.3. The number of aryl methyl sites for hydroxylation is 1. The summed E-state index contributed by atoms with van der Waals surface area (Å²) in [5.41, 5.74) is 5.16.